The van der Waals surface area contributed by atoms with Gasteiger partial charge in [0.05, 0.1) is 17.4 Å². The van der Waals surface area contributed by atoms with Crippen molar-refractivity contribution in [3.63, 3.8) is 0 Å². The van der Waals surface area contributed by atoms with Gasteiger partial charge in [-0.2, -0.15) is 0 Å². The molecule has 7 nitrogen and oxygen atoms in total. The van der Waals surface area contributed by atoms with Crippen LogP contribution in [0.15, 0.2) is 59.9 Å². The topological polar surface area (TPSA) is 102 Å². The zero-order chi connectivity index (χ0) is 23.5. The molecular weight excluding hydrogens is 433 g/mol. The summed E-state index contributed by atoms with van der Waals surface area (Å²) in [5.74, 6) is -1.66. The first-order chi connectivity index (χ1) is 15.9. The number of rotatable bonds is 3. The number of aryl methyl sites for hydroxylation is 1. The maximum Gasteiger partial charge on any atom is 0.263 e. The SMILES string of the molecule is CCCc1cc2ccc(F)cc2c(=O)n1-c1ccc(F)cc1F.Nc1ncnc2nc[nH]c12. The van der Waals surface area contributed by atoms with Gasteiger partial charge in [-0.1, -0.05) is 19.4 Å². The van der Waals surface area contributed by atoms with E-state index in [1.807, 2.05) is 6.92 Å². The van der Waals surface area contributed by atoms with Crippen molar-refractivity contribution < 1.29 is 13.2 Å². The number of benzene rings is 2. The number of aromatic nitrogens is 5. The molecule has 0 radical (unpaired) electrons. The molecule has 0 spiro atoms. The summed E-state index contributed by atoms with van der Waals surface area (Å²) in [5.41, 5.74) is 6.82. The predicted molar refractivity (Wildman–Crippen MR) is 120 cm³/mol. The minimum Gasteiger partial charge on any atom is -0.382 e. The molecule has 3 heterocycles. The normalized spacial score (nSPS) is 10.9. The molecule has 5 aromatic rings. The van der Waals surface area contributed by atoms with Crippen LogP contribution in [0.25, 0.3) is 27.6 Å². The molecule has 0 amide bonds. The van der Waals surface area contributed by atoms with E-state index < -0.39 is 23.0 Å². The number of nitrogens with one attached hydrogen (secondary N) is 1. The van der Waals surface area contributed by atoms with E-state index in [1.54, 1.807) is 6.07 Å². The fourth-order valence-corrected chi connectivity index (χ4v) is 3.49. The van der Waals surface area contributed by atoms with Crippen LogP contribution < -0.4 is 11.3 Å². The van der Waals surface area contributed by atoms with E-state index in [9.17, 15) is 18.0 Å². The Labute approximate surface area is 185 Å². The predicted octanol–water partition coefficient (Wildman–Crippen LogP) is 4.30. The third kappa shape index (κ3) is 4.40. The smallest absolute Gasteiger partial charge is 0.263 e. The highest BCUT2D eigenvalue weighted by molar-refractivity contribution is 5.82. The van der Waals surface area contributed by atoms with Crippen LogP contribution in [0, 0.1) is 17.5 Å². The second-order valence-corrected chi connectivity index (χ2v) is 7.21. The molecule has 0 saturated heterocycles. The summed E-state index contributed by atoms with van der Waals surface area (Å²) in [6.45, 7) is 1.94. The average Bonchev–Trinajstić information content (AvgIpc) is 3.27. The Morgan fingerprint density at radius 1 is 1.00 bits per heavy atom. The summed E-state index contributed by atoms with van der Waals surface area (Å²) in [6.07, 6.45) is 4.21. The largest absolute Gasteiger partial charge is 0.382 e. The fourth-order valence-electron chi connectivity index (χ4n) is 3.49. The summed E-state index contributed by atoms with van der Waals surface area (Å²) in [7, 11) is 0. The zero-order valence-electron chi connectivity index (χ0n) is 17.5. The maximum absolute atomic E-state index is 14.1. The van der Waals surface area contributed by atoms with E-state index in [1.165, 1.54) is 35.4 Å². The van der Waals surface area contributed by atoms with Crippen LogP contribution in [0.4, 0.5) is 19.0 Å². The molecule has 0 fully saturated rings. The van der Waals surface area contributed by atoms with Gasteiger partial charge in [-0.25, -0.2) is 28.1 Å². The molecule has 3 N–H and O–H groups in total. The third-order valence-corrected chi connectivity index (χ3v) is 4.97. The number of fused-ring (bicyclic) bond motifs is 2. The lowest BCUT2D eigenvalue weighted by molar-refractivity contribution is 0.575. The maximum atomic E-state index is 14.1. The number of halogens is 3. The molecule has 0 saturated carbocycles. The number of nitrogens with two attached hydrogens (primary N) is 1. The van der Waals surface area contributed by atoms with Gasteiger partial charge in [0.15, 0.2) is 11.5 Å². The van der Waals surface area contributed by atoms with Gasteiger partial charge in [-0.3, -0.25) is 9.36 Å². The highest BCUT2D eigenvalue weighted by atomic mass is 19.1. The summed E-state index contributed by atoms with van der Waals surface area (Å²) in [5, 5.41) is 0.757. The number of H-pyrrole nitrogens is 1. The first kappa shape index (κ1) is 22.0. The van der Waals surface area contributed by atoms with Gasteiger partial charge >= 0.3 is 0 Å². The fraction of sp³-hybridized carbons (Fsp3) is 0.130. The second-order valence-electron chi connectivity index (χ2n) is 7.21. The van der Waals surface area contributed by atoms with Crippen molar-refractivity contribution >= 4 is 27.8 Å². The van der Waals surface area contributed by atoms with E-state index in [4.69, 9.17) is 5.73 Å². The first-order valence-corrected chi connectivity index (χ1v) is 10.1. The highest BCUT2D eigenvalue weighted by Gasteiger charge is 2.15. The van der Waals surface area contributed by atoms with Crippen LogP contribution in [-0.2, 0) is 6.42 Å². The number of aromatic amines is 1. The molecule has 10 heteroatoms. The minimum atomic E-state index is -0.833. The minimum absolute atomic E-state index is 0.0361. The van der Waals surface area contributed by atoms with Crippen LogP contribution in [0.3, 0.4) is 0 Å². The lowest BCUT2D eigenvalue weighted by atomic mass is 10.1. The zero-order valence-corrected chi connectivity index (χ0v) is 17.5. The molecule has 0 aliphatic rings. The van der Waals surface area contributed by atoms with Crippen molar-refractivity contribution in [3.8, 4) is 5.69 Å². The summed E-state index contributed by atoms with van der Waals surface area (Å²) in [6, 6.07) is 8.71. The van der Waals surface area contributed by atoms with E-state index in [2.05, 4.69) is 19.9 Å². The Morgan fingerprint density at radius 2 is 1.76 bits per heavy atom. The van der Waals surface area contributed by atoms with Gasteiger partial charge in [0.25, 0.3) is 5.56 Å². The van der Waals surface area contributed by atoms with Crippen molar-refractivity contribution in [1.82, 2.24) is 24.5 Å². The number of nitrogen functional groups attached to an aromatic ring is 1. The van der Waals surface area contributed by atoms with Crippen LogP contribution in [0.1, 0.15) is 19.0 Å². The van der Waals surface area contributed by atoms with Gasteiger partial charge < -0.3 is 10.7 Å². The Hall–Kier alpha value is -4.21. The number of hydrogen-bond donors (Lipinski definition) is 2. The van der Waals surface area contributed by atoms with E-state index in [-0.39, 0.29) is 11.1 Å². The molecule has 168 valence electrons. The average molecular weight is 452 g/mol. The molecule has 3 aromatic heterocycles. The van der Waals surface area contributed by atoms with Crippen molar-refractivity contribution in [2.75, 3.05) is 5.73 Å². The van der Waals surface area contributed by atoms with Crippen molar-refractivity contribution in [2.45, 2.75) is 19.8 Å². The molecule has 0 aliphatic carbocycles. The van der Waals surface area contributed by atoms with Crippen molar-refractivity contribution in [1.29, 1.82) is 0 Å². The van der Waals surface area contributed by atoms with Gasteiger partial charge in [0.2, 0.25) is 0 Å². The van der Waals surface area contributed by atoms with E-state index in [0.29, 0.717) is 34.5 Å². The standard InChI is InChI=1S/C18H14F3NO.C5H5N5/c1-2-3-14-8-11-4-5-12(19)9-15(11)18(23)22(14)17-7-6-13(20)10-16(17)21;6-4-3-5(9-1-7-3)10-2-8-4/h4-10H,2-3H2,1H3;1-2H,(H3,6,7,8,9,10). The Bertz CT molecular complexity index is 1510. The lowest BCUT2D eigenvalue weighted by Gasteiger charge is -2.15. The molecule has 0 atom stereocenters. The highest BCUT2D eigenvalue weighted by Crippen LogP contribution is 2.20. The van der Waals surface area contributed by atoms with Crippen LogP contribution in [0.5, 0.6) is 0 Å². The molecule has 5 rings (SSSR count). The Morgan fingerprint density at radius 3 is 2.48 bits per heavy atom. The van der Waals surface area contributed by atoms with Crippen molar-refractivity contribution in [2.24, 2.45) is 0 Å². The van der Waals surface area contributed by atoms with E-state index >= 15 is 0 Å². The summed E-state index contributed by atoms with van der Waals surface area (Å²) >= 11 is 0. The van der Waals surface area contributed by atoms with Crippen molar-refractivity contribution in [3.05, 3.63) is 88.6 Å². The molecule has 0 bridgehead atoms. The molecule has 33 heavy (non-hydrogen) atoms. The number of pyridine rings is 1. The van der Waals surface area contributed by atoms with Gasteiger partial charge in [0.1, 0.15) is 29.3 Å². The van der Waals surface area contributed by atoms with Crippen LogP contribution in [0.2, 0.25) is 0 Å². The number of nitrogens with zero attached hydrogens (tertiary/aromatic N) is 4. The molecule has 0 aliphatic heterocycles. The van der Waals surface area contributed by atoms with Crippen LogP contribution >= 0.6 is 0 Å². The third-order valence-electron chi connectivity index (χ3n) is 4.97. The molecule has 2 aromatic carbocycles. The van der Waals surface area contributed by atoms with E-state index in [0.717, 1.165) is 24.6 Å². The van der Waals surface area contributed by atoms with Gasteiger partial charge in [-0.05, 0) is 42.1 Å². The Balaban J connectivity index is 0.000000214. The number of imidazole rings is 1. The van der Waals surface area contributed by atoms with Gasteiger partial charge in [-0.15, -0.1) is 0 Å². The lowest BCUT2D eigenvalue weighted by Crippen LogP contribution is -2.23. The summed E-state index contributed by atoms with van der Waals surface area (Å²) in [4.78, 5) is 27.1. The quantitative estimate of drug-likeness (QED) is 0.425. The summed E-state index contributed by atoms with van der Waals surface area (Å²) < 4.78 is 41.9. The molecular formula is C23H19F3N6O. The number of anilines is 1. The molecule has 0 unspecified atom stereocenters. The number of hydrogen-bond acceptors (Lipinski definition) is 5. The first-order valence-electron chi connectivity index (χ1n) is 10.1. The second kappa shape index (κ2) is 9.11. The van der Waals surface area contributed by atoms with Gasteiger partial charge in [0, 0.05) is 11.8 Å². The monoisotopic (exact) mass is 452 g/mol. The van der Waals surface area contributed by atoms with Crippen LogP contribution in [-0.4, -0.2) is 24.5 Å². The Kier molecular flexibility index (Phi) is 6.07.